The average molecular weight is 338 g/mol. The number of nitrogens with one attached hydrogen (secondary N) is 1. The zero-order valence-corrected chi connectivity index (χ0v) is 13.4. The van der Waals surface area contributed by atoms with Crippen molar-refractivity contribution in [3.8, 4) is 0 Å². The van der Waals surface area contributed by atoms with Gasteiger partial charge in [-0.05, 0) is 24.9 Å². The number of benzene rings is 1. The van der Waals surface area contributed by atoms with E-state index in [0.717, 1.165) is 18.4 Å². The summed E-state index contributed by atoms with van der Waals surface area (Å²) in [6.45, 7) is 2.10. The van der Waals surface area contributed by atoms with E-state index < -0.39 is 10.0 Å². The van der Waals surface area contributed by atoms with Gasteiger partial charge in [0.1, 0.15) is 0 Å². The quantitative estimate of drug-likeness (QED) is 0.908. The van der Waals surface area contributed by atoms with Crippen molar-refractivity contribution in [1.82, 2.24) is 14.6 Å². The summed E-state index contributed by atoms with van der Waals surface area (Å²) in [7, 11) is -3.55. The Hall–Kier alpha value is -1.21. The van der Waals surface area contributed by atoms with Gasteiger partial charge in [0.05, 0.1) is 9.92 Å². The van der Waals surface area contributed by atoms with Crippen LogP contribution in [-0.2, 0) is 10.0 Å². The molecule has 116 valence electrons. The van der Waals surface area contributed by atoms with E-state index in [1.165, 1.54) is 6.20 Å². The Morgan fingerprint density at radius 1 is 1.27 bits per heavy atom. The predicted molar refractivity (Wildman–Crippen MR) is 85.4 cm³/mol. The van der Waals surface area contributed by atoms with Crippen LogP contribution in [0, 0.1) is 5.92 Å². The Kier molecular flexibility index (Phi) is 3.38. The Morgan fingerprint density at radius 3 is 2.95 bits per heavy atom. The Balaban J connectivity index is 1.81. The molecule has 0 spiro atoms. The molecule has 22 heavy (non-hydrogen) atoms. The summed E-state index contributed by atoms with van der Waals surface area (Å²) >= 11 is 6.21. The van der Waals surface area contributed by atoms with E-state index in [2.05, 4.69) is 10.3 Å². The lowest BCUT2D eigenvalue weighted by molar-refractivity contribution is 0.449. The van der Waals surface area contributed by atoms with E-state index in [4.69, 9.17) is 11.6 Å². The molecule has 2 aromatic rings. The number of aromatic nitrogens is 1. The number of fused-ring (bicyclic) bond motifs is 2. The number of rotatable bonds is 2. The monoisotopic (exact) mass is 337 g/mol. The van der Waals surface area contributed by atoms with Gasteiger partial charge >= 0.3 is 0 Å². The summed E-state index contributed by atoms with van der Waals surface area (Å²) in [5, 5.41) is 5.05. The molecular weight excluding hydrogens is 322 g/mol. The standard InChI is InChI=1S/C15H16ClN3O2S/c16-12-7-17-6-10-2-1-3-14(15(10)12)22(20,21)19-8-11-4-5-18-13(11)9-19/h1-3,6-7,11,13,18H,4-5,8-9H2/t11?,13-/m1/s1. The minimum absolute atomic E-state index is 0.275. The highest BCUT2D eigenvalue weighted by Crippen LogP contribution is 2.34. The molecule has 1 unspecified atom stereocenters. The maximum Gasteiger partial charge on any atom is 0.243 e. The van der Waals surface area contributed by atoms with Crippen LogP contribution in [-0.4, -0.2) is 43.4 Å². The van der Waals surface area contributed by atoms with E-state index >= 15 is 0 Å². The molecule has 1 aromatic carbocycles. The minimum Gasteiger partial charge on any atom is -0.312 e. The van der Waals surface area contributed by atoms with Crippen LogP contribution >= 0.6 is 11.6 Å². The SMILES string of the molecule is O=S(=O)(c1cccc2cncc(Cl)c12)N1CC2CCN[C@@H]2C1. The van der Waals surface area contributed by atoms with Crippen LogP contribution in [0.25, 0.3) is 10.8 Å². The van der Waals surface area contributed by atoms with E-state index in [1.54, 1.807) is 22.6 Å². The van der Waals surface area contributed by atoms with Gasteiger partial charge in [-0.25, -0.2) is 8.42 Å². The largest absolute Gasteiger partial charge is 0.312 e. The molecule has 7 heteroatoms. The van der Waals surface area contributed by atoms with Crippen LogP contribution in [0.15, 0.2) is 35.5 Å². The van der Waals surface area contributed by atoms with Crippen molar-refractivity contribution >= 4 is 32.4 Å². The molecule has 1 aromatic heterocycles. The second-order valence-electron chi connectivity index (χ2n) is 5.91. The van der Waals surface area contributed by atoms with Crippen molar-refractivity contribution in [3.05, 3.63) is 35.6 Å². The minimum atomic E-state index is -3.55. The van der Waals surface area contributed by atoms with Gasteiger partial charge in [0.15, 0.2) is 0 Å². The molecule has 0 amide bonds. The fraction of sp³-hybridized carbons (Fsp3) is 0.400. The lowest BCUT2D eigenvalue weighted by Gasteiger charge is -2.19. The third-order valence-electron chi connectivity index (χ3n) is 4.65. The van der Waals surface area contributed by atoms with Gasteiger partial charge in [-0.15, -0.1) is 0 Å². The third kappa shape index (κ3) is 2.13. The number of hydrogen-bond acceptors (Lipinski definition) is 4. The summed E-state index contributed by atoms with van der Waals surface area (Å²) in [6, 6.07) is 5.47. The molecule has 2 saturated heterocycles. The van der Waals surface area contributed by atoms with Crippen molar-refractivity contribution in [3.63, 3.8) is 0 Å². The van der Waals surface area contributed by atoms with Crippen LogP contribution in [0.1, 0.15) is 6.42 Å². The van der Waals surface area contributed by atoms with Gasteiger partial charge in [-0.3, -0.25) is 4.98 Å². The Morgan fingerprint density at radius 2 is 2.14 bits per heavy atom. The predicted octanol–water partition coefficient (Wildman–Crippen LogP) is 1.87. The lowest BCUT2D eigenvalue weighted by atomic mass is 10.1. The van der Waals surface area contributed by atoms with Crippen molar-refractivity contribution in [1.29, 1.82) is 0 Å². The number of hydrogen-bond donors (Lipinski definition) is 1. The first kappa shape index (κ1) is 14.4. The zero-order valence-electron chi connectivity index (χ0n) is 11.9. The van der Waals surface area contributed by atoms with E-state index in [-0.39, 0.29) is 10.9 Å². The smallest absolute Gasteiger partial charge is 0.243 e. The Bertz CT molecular complexity index is 823. The molecule has 2 atom stereocenters. The van der Waals surface area contributed by atoms with Crippen molar-refractivity contribution in [2.75, 3.05) is 19.6 Å². The molecule has 2 aliphatic heterocycles. The van der Waals surface area contributed by atoms with Crippen LogP contribution in [0.4, 0.5) is 0 Å². The highest BCUT2D eigenvalue weighted by molar-refractivity contribution is 7.89. The molecule has 2 aliphatic rings. The van der Waals surface area contributed by atoms with Crippen LogP contribution in [0.2, 0.25) is 5.02 Å². The molecular formula is C15H16ClN3O2S. The topological polar surface area (TPSA) is 62.3 Å². The number of nitrogens with zero attached hydrogens (tertiary/aromatic N) is 2. The summed E-state index contributed by atoms with van der Waals surface area (Å²) < 4.78 is 27.7. The first-order chi connectivity index (χ1) is 10.6. The van der Waals surface area contributed by atoms with Gasteiger partial charge < -0.3 is 5.32 Å². The fourth-order valence-electron chi connectivity index (χ4n) is 3.52. The van der Waals surface area contributed by atoms with Gasteiger partial charge in [0.25, 0.3) is 0 Å². The van der Waals surface area contributed by atoms with Gasteiger partial charge in [0.2, 0.25) is 10.0 Å². The molecule has 0 aliphatic carbocycles. The van der Waals surface area contributed by atoms with Crippen LogP contribution in [0.5, 0.6) is 0 Å². The average Bonchev–Trinajstić information content (AvgIpc) is 3.08. The second-order valence-corrected chi connectivity index (χ2v) is 8.22. The van der Waals surface area contributed by atoms with Gasteiger partial charge in [-0.2, -0.15) is 4.31 Å². The van der Waals surface area contributed by atoms with Gasteiger partial charge in [0, 0.05) is 42.3 Å². The normalized spacial score (nSPS) is 25.7. The van der Waals surface area contributed by atoms with Crippen molar-refractivity contribution in [2.24, 2.45) is 5.92 Å². The summed E-state index contributed by atoms with van der Waals surface area (Å²) in [5.74, 6) is 0.418. The molecule has 2 fully saturated rings. The van der Waals surface area contributed by atoms with E-state index in [0.29, 0.717) is 29.4 Å². The second kappa shape index (κ2) is 5.16. The highest BCUT2D eigenvalue weighted by atomic mass is 35.5. The summed E-state index contributed by atoms with van der Waals surface area (Å²) in [5.41, 5.74) is 0. The summed E-state index contributed by atoms with van der Waals surface area (Å²) in [4.78, 5) is 4.30. The molecule has 4 rings (SSSR count). The van der Waals surface area contributed by atoms with Crippen LogP contribution < -0.4 is 5.32 Å². The Labute approximate surface area is 134 Å². The van der Waals surface area contributed by atoms with Crippen molar-refractivity contribution < 1.29 is 8.42 Å². The maximum atomic E-state index is 13.1. The summed E-state index contributed by atoms with van der Waals surface area (Å²) in [6.07, 6.45) is 4.17. The lowest BCUT2D eigenvalue weighted by Crippen LogP contribution is -2.34. The van der Waals surface area contributed by atoms with Crippen LogP contribution in [0.3, 0.4) is 0 Å². The number of halogens is 1. The van der Waals surface area contributed by atoms with Crippen molar-refractivity contribution in [2.45, 2.75) is 17.4 Å². The molecule has 3 heterocycles. The number of sulfonamides is 1. The third-order valence-corrected chi connectivity index (χ3v) is 6.81. The van der Waals surface area contributed by atoms with E-state index in [9.17, 15) is 8.42 Å². The highest BCUT2D eigenvalue weighted by Gasteiger charge is 2.41. The van der Waals surface area contributed by atoms with Gasteiger partial charge in [-0.1, -0.05) is 23.7 Å². The molecule has 0 saturated carbocycles. The molecule has 5 nitrogen and oxygen atoms in total. The first-order valence-corrected chi connectivity index (χ1v) is 9.15. The maximum absolute atomic E-state index is 13.1. The van der Waals surface area contributed by atoms with E-state index in [1.807, 2.05) is 6.07 Å². The fourth-order valence-corrected chi connectivity index (χ4v) is 5.60. The molecule has 1 N–H and O–H groups in total. The first-order valence-electron chi connectivity index (χ1n) is 7.33. The zero-order chi connectivity index (χ0) is 15.3. The molecule has 0 radical (unpaired) electrons. The number of pyridine rings is 1. The molecule has 0 bridgehead atoms.